The topological polar surface area (TPSA) is 75.4 Å². The van der Waals surface area contributed by atoms with Crippen LogP contribution in [0.3, 0.4) is 0 Å². The van der Waals surface area contributed by atoms with Gasteiger partial charge in [0.05, 0.1) is 17.5 Å². The minimum atomic E-state index is -0.0625. The zero-order valence-corrected chi connectivity index (χ0v) is 12.5. The summed E-state index contributed by atoms with van der Waals surface area (Å²) in [5.74, 6) is -0.0537. The average Bonchev–Trinajstić information content (AvgIpc) is 2.83. The van der Waals surface area contributed by atoms with Crippen molar-refractivity contribution in [3.05, 3.63) is 28.2 Å². The summed E-state index contributed by atoms with van der Waals surface area (Å²) in [5, 5.41) is 2.85. The van der Waals surface area contributed by atoms with Gasteiger partial charge < -0.3 is 16.0 Å². The second-order valence-electron chi connectivity index (χ2n) is 5.30. The van der Waals surface area contributed by atoms with Crippen LogP contribution < -0.4 is 11.1 Å². The molecule has 0 aromatic heterocycles. The van der Waals surface area contributed by atoms with Gasteiger partial charge in [-0.05, 0) is 47.0 Å². The molecule has 2 unspecified atom stereocenters. The third-order valence-corrected chi connectivity index (χ3v) is 4.77. The lowest BCUT2D eigenvalue weighted by Gasteiger charge is -2.36. The van der Waals surface area contributed by atoms with E-state index in [1.54, 1.807) is 18.2 Å². The van der Waals surface area contributed by atoms with Crippen LogP contribution in [0.1, 0.15) is 23.2 Å². The highest BCUT2D eigenvalue weighted by molar-refractivity contribution is 9.10. The number of piperidine rings is 1. The van der Waals surface area contributed by atoms with Crippen molar-refractivity contribution in [2.45, 2.75) is 18.9 Å². The molecule has 1 aromatic carbocycles. The molecule has 106 valence electrons. The van der Waals surface area contributed by atoms with Gasteiger partial charge >= 0.3 is 0 Å². The van der Waals surface area contributed by atoms with Gasteiger partial charge in [0.2, 0.25) is 5.91 Å². The third-order valence-electron chi connectivity index (χ3n) is 4.08. The number of likely N-dealkylation sites (tertiary alicyclic amines) is 1. The molecular formula is C14H16BrN3O2. The summed E-state index contributed by atoms with van der Waals surface area (Å²) < 4.78 is 0.733. The van der Waals surface area contributed by atoms with Gasteiger partial charge in [0.1, 0.15) is 0 Å². The van der Waals surface area contributed by atoms with E-state index in [4.69, 9.17) is 5.73 Å². The van der Waals surface area contributed by atoms with Gasteiger partial charge in [0.25, 0.3) is 5.91 Å². The Bertz CT molecular complexity index is 576. The standard InChI is InChI=1S/C14H16BrN3O2/c15-11-4-3-8(16)6-10(11)14(20)18-5-1-2-9-12(18)7-17-13(9)19/h3-4,6,9,12H,1-2,5,7,16H2,(H,17,19). The van der Waals surface area contributed by atoms with Gasteiger partial charge in [-0.25, -0.2) is 0 Å². The number of hydrogen-bond donors (Lipinski definition) is 2. The van der Waals surface area contributed by atoms with Crippen LogP contribution in [0.4, 0.5) is 5.69 Å². The maximum atomic E-state index is 12.7. The molecule has 3 rings (SSSR count). The number of fused-ring (bicyclic) bond motifs is 1. The van der Waals surface area contributed by atoms with Crippen molar-refractivity contribution in [3.8, 4) is 0 Å². The van der Waals surface area contributed by atoms with Crippen molar-refractivity contribution in [1.82, 2.24) is 10.2 Å². The minimum Gasteiger partial charge on any atom is -0.399 e. The number of carbonyl (C=O) groups is 2. The first kappa shape index (κ1) is 13.4. The van der Waals surface area contributed by atoms with E-state index < -0.39 is 0 Å². The van der Waals surface area contributed by atoms with Crippen molar-refractivity contribution in [1.29, 1.82) is 0 Å². The molecule has 2 aliphatic heterocycles. The molecule has 3 N–H and O–H groups in total. The molecule has 0 radical (unpaired) electrons. The highest BCUT2D eigenvalue weighted by Gasteiger charge is 2.42. The number of carbonyl (C=O) groups excluding carboxylic acids is 2. The highest BCUT2D eigenvalue weighted by atomic mass is 79.9. The van der Waals surface area contributed by atoms with E-state index in [-0.39, 0.29) is 23.8 Å². The monoisotopic (exact) mass is 337 g/mol. The van der Waals surface area contributed by atoms with Crippen LogP contribution in [0, 0.1) is 5.92 Å². The van der Waals surface area contributed by atoms with Crippen LogP contribution in [-0.2, 0) is 4.79 Å². The maximum absolute atomic E-state index is 12.7. The van der Waals surface area contributed by atoms with Crippen molar-refractivity contribution in [2.75, 3.05) is 18.8 Å². The molecule has 2 fully saturated rings. The predicted octanol–water partition coefficient (Wildman–Crippen LogP) is 1.38. The lowest BCUT2D eigenvalue weighted by Crippen LogP contribution is -2.48. The zero-order valence-electron chi connectivity index (χ0n) is 10.9. The Kier molecular flexibility index (Phi) is 3.41. The molecule has 2 atom stereocenters. The number of amides is 2. The van der Waals surface area contributed by atoms with E-state index in [1.807, 2.05) is 4.90 Å². The number of benzene rings is 1. The molecule has 2 heterocycles. The smallest absolute Gasteiger partial charge is 0.255 e. The van der Waals surface area contributed by atoms with Gasteiger partial charge in [0.15, 0.2) is 0 Å². The molecule has 2 amide bonds. The van der Waals surface area contributed by atoms with Crippen molar-refractivity contribution in [2.24, 2.45) is 5.92 Å². The number of nitrogen functional groups attached to an aromatic ring is 1. The van der Waals surface area contributed by atoms with Crippen molar-refractivity contribution >= 4 is 33.4 Å². The third kappa shape index (κ3) is 2.18. The van der Waals surface area contributed by atoms with Crippen LogP contribution in [0.5, 0.6) is 0 Å². The lowest BCUT2D eigenvalue weighted by atomic mass is 9.91. The molecular weight excluding hydrogens is 322 g/mol. The number of nitrogens with one attached hydrogen (secondary N) is 1. The first-order valence-electron chi connectivity index (χ1n) is 6.71. The highest BCUT2D eigenvalue weighted by Crippen LogP contribution is 2.30. The number of hydrogen-bond acceptors (Lipinski definition) is 3. The summed E-state index contributed by atoms with van der Waals surface area (Å²) in [4.78, 5) is 26.3. The summed E-state index contributed by atoms with van der Waals surface area (Å²) >= 11 is 3.40. The number of rotatable bonds is 1. The summed E-state index contributed by atoms with van der Waals surface area (Å²) in [6, 6.07) is 5.18. The van der Waals surface area contributed by atoms with Crippen LogP contribution in [0.15, 0.2) is 22.7 Å². The fourth-order valence-corrected chi connectivity index (χ4v) is 3.48. The van der Waals surface area contributed by atoms with Gasteiger partial charge in [-0.2, -0.15) is 0 Å². The normalized spacial score (nSPS) is 25.2. The van der Waals surface area contributed by atoms with Crippen LogP contribution in [0.2, 0.25) is 0 Å². The largest absolute Gasteiger partial charge is 0.399 e. The van der Waals surface area contributed by atoms with E-state index in [0.29, 0.717) is 24.3 Å². The van der Waals surface area contributed by atoms with E-state index in [2.05, 4.69) is 21.2 Å². The molecule has 0 saturated carbocycles. The SMILES string of the molecule is Nc1ccc(Br)c(C(=O)N2CCCC3C(=O)NCC32)c1. The van der Waals surface area contributed by atoms with Gasteiger partial charge in [-0.3, -0.25) is 9.59 Å². The Morgan fingerprint density at radius 1 is 1.45 bits per heavy atom. The van der Waals surface area contributed by atoms with Crippen LogP contribution in [0.25, 0.3) is 0 Å². The Morgan fingerprint density at radius 3 is 3.05 bits per heavy atom. The first-order valence-corrected chi connectivity index (χ1v) is 7.51. The van der Waals surface area contributed by atoms with Gasteiger partial charge in [-0.1, -0.05) is 0 Å². The second-order valence-corrected chi connectivity index (χ2v) is 6.15. The fraction of sp³-hybridized carbons (Fsp3) is 0.429. The van der Waals surface area contributed by atoms with Crippen LogP contribution in [-0.4, -0.2) is 35.8 Å². The Hall–Kier alpha value is -1.56. The molecule has 0 aliphatic carbocycles. The summed E-state index contributed by atoms with van der Waals surface area (Å²) in [6.45, 7) is 1.24. The molecule has 0 bridgehead atoms. The summed E-state index contributed by atoms with van der Waals surface area (Å²) in [5.41, 5.74) is 6.89. The molecule has 2 saturated heterocycles. The molecule has 5 nitrogen and oxygen atoms in total. The van der Waals surface area contributed by atoms with Gasteiger partial charge in [-0.15, -0.1) is 0 Å². The predicted molar refractivity (Wildman–Crippen MR) is 79.1 cm³/mol. The molecule has 6 heteroatoms. The number of halogens is 1. The van der Waals surface area contributed by atoms with E-state index in [1.165, 1.54) is 0 Å². The van der Waals surface area contributed by atoms with E-state index >= 15 is 0 Å². The van der Waals surface area contributed by atoms with E-state index in [0.717, 1.165) is 17.3 Å². The number of nitrogens with two attached hydrogens (primary N) is 1. The maximum Gasteiger partial charge on any atom is 0.255 e. The van der Waals surface area contributed by atoms with E-state index in [9.17, 15) is 9.59 Å². The Morgan fingerprint density at radius 2 is 2.25 bits per heavy atom. The molecule has 20 heavy (non-hydrogen) atoms. The summed E-state index contributed by atoms with van der Waals surface area (Å²) in [7, 11) is 0. The number of nitrogens with zero attached hydrogens (tertiary/aromatic N) is 1. The lowest BCUT2D eigenvalue weighted by molar-refractivity contribution is -0.123. The molecule has 2 aliphatic rings. The Balaban J connectivity index is 1.90. The van der Waals surface area contributed by atoms with Crippen LogP contribution >= 0.6 is 15.9 Å². The van der Waals surface area contributed by atoms with Gasteiger partial charge in [0, 0.05) is 23.2 Å². The minimum absolute atomic E-state index is 0.0305. The Labute approximate surface area is 125 Å². The quantitative estimate of drug-likeness (QED) is 0.760. The van der Waals surface area contributed by atoms with Crippen molar-refractivity contribution in [3.63, 3.8) is 0 Å². The molecule has 1 aromatic rings. The van der Waals surface area contributed by atoms with Crippen molar-refractivity contribution < 1.29 is 9.59 Å². The fourth-order valence-electron chi connectivity index (χ4n) is 3.07. The summed E-state index contributed by atoms with van der Waals surface area (Å²) in [6.07, 6.45) is 1.72. The second kappa shape index (κ2) is 5.09. The average molecular weight is 338 g/mol. The number of anilines is 1. The molecule has 0 spiro atoms. The zero-order chi connectivity index (χ0) is 14.3. The first-order chi connectivity index (χ1) is 9.58.